The van der Waals surface area contributed by atoms with Crippen LogP contribution in [-0.2, 0) is 10.7 Å². The summed E-state index contributed by atoms with van der Waals surface area (Å²) >= 11 is 0. The van der Waals surface area contributed by atoms with E-state index in [9.17, 15) is 8.42 Å². The van der Waals surface area contributed by atoms with Crippen molar-refractivity contribution < 1.29 is 18.6 Å². The summed E-state index contributed by atoms with van der Waals surface area (Å²) in [6.07, 6.45) is 0.554. The average molecular weight is 180 g/mol. The van der Waals surface area contributed by atoms with E-state index < -0.39 is 21.6 Å². The highest BCUT2D eigenvalue weighted by Crippen LogP contribution is 2.43. The zero-order valence-corrected chi connectivity index (χ0v) is 6.96. The molecule has 0 aromatic heterocycles. The van der Waals surface area contributed by atoms with Gasteiger partial charge in [-0.3, -0.25) is 0 Å². The second-order valence-corrected chi connectivity index (χ2v) is 4.48. The molecule has 1 unspecified atom stereocenters. The third-order valence-electron chi connectivity index (χ3n) is 2.04. The van der Waals surface area contributed by atoms with Crippen molar-refractivity contribution >= 4 is 10.7 Å². The SMILES string of the molecule is O=[SH](=O)C1(CC(O)CO)CC1. The molecule has 0 saturated heterocycles. The highest BCUT2D eigenvalue weighted by molar-refractivity contribution is 7.74. The van der Waals surface area contributed by atoms with Crippen molar-refractivity contribution in [3.05, 3.63) is 0 Å². The quantitative estimate of drug-likeness (QED) is 0.479. The van der Waals surface area contributed by atoms with Gasteiger partial charge in [-0.15, -0.1) is 0 Å². The van der Waals surface area contributed by atoms with E-state index >= 15 is 0 Å². The summed E-state index contributed by atoms with van der Waals surface area (Å²) in [5.41, 5.74) is 0. The van der Waals surface area contributed by atoms with Gasteiger partial charge in [0.2, 0.25) is 0 Å². The molecule has 0 heterocycles. The largest absolute Gasteiger partial charge is 0.394 e. The maximum atomic E-state index is 10.6. The van der Waals surface area contributed by atoms with E-state index in [-0.39, 0.29) is 13.0 Å². The van der Waals surface area contributed by atoms with Gasteiger partial charge in [-0.2, -0.15) is 0 Å². The summed E-state index contributed by atoms with van der Waals surface area (Å²) in [7, 11) is -2.44. The molecule has 0 radical (unpaired) electrons. The zero-order chi connectivity index (χ0) is 8.48. The van der Waals surface area contributed by atoms with Crippen molar-refractivity contribution in [2.24, 2.45) is 0 Å². The van der Waals surface area contributed by atoms with E-state index in [4.69, 9.17) is 10.2 Å². The smallest absolute Gasteiger partial charge is 0.145 e. The molecule has 0 spiro atoms. The van der Waals surface area contributed by atoms with E-state index in [1.165, 1.54) is 0 Å². The van der Waals surface area contributed by atoms with E-state index in [1.807, 2.05) is 0 Å². The summed E-state index contributed by atoms with van der Waals surface area (Å²) in [5, 5.41) is 17.4. The second kappa shape index (κ2) is 3.08. The third-order valence-corrected chi connectivity index (χ3v) is 3.45. The number of hydrogen-bond acceptors (Lipinski definition) is 4. The monoisotopic (exact) mass is 180 g/mol. The normalized spacial score (nSPS) is 23.5. The Bertz CT molecular complexity index is 199. The van der Waals surface area contributed by atoms with Crippen LogP contribution < -0.4 is 0 Å². The van der Waals surface area contributed by atoms with Crippen molar-refractivity contribution in [1.29, 1.82) is 0 Å². The van der Waals surface area contributed by atoms with Crippen LogP contribution in [0.25, 0.3) is 0 Å². The van der Waals surface area contributed by atoms with Crippen molar-refractivity contribution in [2.75, 3.05) is 6.61 Å². The maximum absolute atomic E-state index is 10.6. The summed E-state index contributed by atoms with van der Waals surface area (Å²) < 4.78 is 20.5. The van der Waals surface area contributed by atoms with E-state index in [0.717, 1.165) is 0 Å². The van der Waals surface area contributed by atoms with Crippen LogP contribution in [0, 0.1) is 0 Å². The predicted octanol–water partition coefficient (Wildman–Crippen LogP) is -1.13. The standard InChI is InChI=1S/C6H12O4S/c7-4-5(8)3-6(1-2-6)11(9)10/h5,7-8,11H,1-4H2. The molecule has 0 aromatic rings. The fraction of sp³-hybridized carbons (Fsp3) is 1.00. The lowest BCUT2D eigenvalue weighted by Crippen LogP contribution is -2.23. The minimum Gasteiger partial charge on any atom is -0.394 e. The second-order valence-electron chi connectivity index (χ2n) is 3.02. The number of rotatable bonds is 4. The molecule has 1 saturated carbocycles. The van der Waals surface area contributed by atoms with Crippen LogP contribution in [0.5, 0.6) is 0 Å². The first-order valence-corrected chi connectivity index (χ1v) is 4.72. The molecule has 0 aromatic carbocycles. The van der Waals surface area contributed by atoms with Gasteiger partial charge < -0.3 is 10.2 Å². The van der Waals surface area contributed by atoms with Gasteiger partial charge >= 0.3 is 0 Å². The summed E-state index contributed by atoms with van der Waals surface area (Å²) in [4.78, 5) is 0. The molecule has 2 N–H and O–H groups in total. The Morgan fingerprint density at radius 1 is 1.45 bits per heavy atom. The lowest BCUT2D eigenvalue weighted by molar-refractivity contribution is 0.0860. The summed E-state index contributed by atoms with van der Waals surface area (Å²) in [6.45, 7) is -0.356. The summed E-state index contributed by atoms with van der Waals surface area (Å²) in [6, 6.07) is 0. The molecule has 1 rings (SSSR count). The minimum absolute atomic E-state index is 0.183. The molecule has 1 atom stereocenters. The Morgan fingerprint density at radius 3 is 2.27 bits per heavy atom. The third kappa shape index (κ3) is 1.91. The molecule has 66 valence electrons. The highest BCUT2D eigenvalue weighted by atomic mass is 32.2. The Kier molecular flexibility index (Phi) is 2.51. The van der Waals surface area contributed by atoms with E-state index in [0.29, 0.717) is 12.8 Å². The van der Waals surface area contributed by atoms with Crippen LogP contribution in [0.2, 0.25) is 0 Å². The number of thiol groups is 1. The fourth-order valence-corrected chi connectivity index (χ4v) is 1.95. The van der Waals surface area contributed by atoms with Gasteiger partial charge in [-0.1, -0.05) is 0 Å². The first-order chi connectivity index (χ1) is 5.10. The lowest BCUT2D eigenvalue weighted by atomic mass is 10.2. The Balaban J connectivity index is 2.48. The van der Waals surface area contributed by atoms with Crippen molar-refractivity contribution in [3.63, 3.8) is 0 Å². The van der Waals surface area contributed by atoms with Crippen LogP contribution in [-0.4, -0.2) is 36.1 Å². The molecule has 4 nitrogen and oxygen atoms in total. The molecule has 1 fully saturated rings. The molecular weight excluding hydrogens is 168 g/mol. The van der Waals surface area contributed by atoms with E-state index in [1.54, 1.807) is 0 Å². The van der Waals surface area contributed by atoms with Crippen LogP contribution in [0.3, 0.4) is 0 Å². The minimum atomic E-state index is -2.44. The topological polar surface area (TPSA) is 74.6 Å². The predicted molar refractivity (Wildman–Crippen MR) is 40.0 cm³/mol. The Labute approximate surface area is 66.8 Å². The van der Waals surface area contributed by atoms with Gasteiger partial charge in [0.1, 0.15) is 10.7 Å². The average Bonchev–Trinajstić information content (AvgIpc) is 2.69. The van der Waals surface area contributed by atoms with Crippen molar-refractivity contribution in [2.45, 2.75) is 30.1 Å². The lowest BCUT2D eigenvalue weighted by Gasteiger charge is -2.10. The number of aliphatic hydroxyl groups is 2. The maximum Gasteiger partial charge on any atom is 0.145 e. The fourth-order valence-electron chi connectivity index (χ4n) is 1.11. The van der Waals surface area contributed by atoms with Crippen LogP contribution in [0.15, 0.2) is 0 Å². The van der Waals surface area contributed by atoms with Gasteiger partial charge in [0, 0.05) is 0 Å². The van der Waals surface area contributed by atoms with Gasteiger partial charge in [0.25, 0.3) is 0 Å². The molecule has 1 aliphatic rings. The van der Waals surface area contributed by atoms with Gasteiger partial charge in [0.05, 0.1) is 17.5 Å². The van der Waals surface area contributed by atoms with Crippen LogP contribution >= 0.6 is 0 Å². The van der Waals surface area contributed by atoms with Gasteiger partial charge in [-0.25, -0.2) is 8.42 Å². The first-order valence-electron chi connectivity index (χ1n) is 3.54. The molecule has 1 aliphatic carbocycles. The zero-order valence-electron chi connectivity index (χ0n) is 6.06. The Hall–Kier alpha value is -0.130. The van der Waals surface area contributed by atoms with Gasteiger partial charge in [-0.05, 0) is 19.3 Å². The van der Waals surface area contributed by atoms with Crippen LogP contribution in [0.4, 0.5) is 0 Å². The first kappa shape index (κ1) is 8.96. The molecule has 0 bridgehead atoms. The molecule has 5 heteroatoms. The number of aliphatic hydroxyl groups excluding tert-OH is 2. The Morgan fingerprint density at radius 2 is 2.00 bits per heavy atom. The molecule has 0 aliphatic heterocycles. The van der Waals surface area contributed by atoms with Crippen molar-refractivity contribution in [1.82, 2.24) is 0 Å². The summed E-state index contributed by atoms with van der Waals surface area (Å²) in [5.74, 6) is 0. The number of hydrogen-bond donors (Lipinski definition) is 3. The molecule has 11 heavy (non-hydrogen) atoms. The highest BCUT2D eigenvalue weighted by Gasteiger charge is 2.47. The van der Waals surface area contributed by atoms with Gasteiger partial charge in [0.15, 0.2) is 0 Å². The van der Waals surface area contributed by atoms with Crippen molar-refractivity contribution in [3.8, 4) is 0 Å². The van der Waals surface area contributed by atoms with Crippen LogP contribution in [0.1, 0.15) is 19.3 Å². The van der Waals surface area contributed by atoms with E-state index in [2.05, 4.69) is 0 Å². The molecule has 0 amide bonds. The molecular formula is C6H12O4S.